The van der Waals surface area contributed by atoms with Gasteiger partial charge in [0, 0.05) is 6.04 Å². The van der Waals surface area contributed by atoms with Crippen LogP contribution in [0.5, 0.6) is 0 Å². The third kappa shape index (κ3) is 2.71. The maximum atomic E-state index is 3.49. The highest BCUT2D eigenvalue weighted by Crippen LogP contribution is 2.29. The lowest BCUT2D eigenvalue weighted by Gasteiger charge is -2.28. The van der Waals surface area contributed by atoms with Crippen molar-refractivity contribution in [3.05, 3.63) is 35.4 Å². The lowest BCUT2D eigenvalue weighted by molar-refractivity contribution is 0.383. The van der Waals surface area contributed by atoms with E-state index in [0.29, 0.717) is 6.04 Å². The van der Waals surface area contributed by atoms with E-state index >= 15 is 0 Å². The first-order valence-electron chi connectivity index (χ1n) is 7.24. The second-order valence-electron chi connectivity index (χ2n) is 5.73. The van der Waals surface area contributed by atoms with Crippen LogP contribution in [0.4, 0.5) is 0 Å². The third-order valence-electron chi connectivity index (χ3n) is 4.49. The van der Waals surface area contributed by atoms with Gasteiger partial charge in [0.15, 0.2) is 0 Å². The van der Waals surface area contributed by atoms with E-state index < -0.39 is 0 Å². The minimum absolute atomic E-state index is 0.640. The molecule has 1 aliphatic heterocycles. The third-order valence-corrected chi connectivity index (χ3v) is 4.49. The van der Waals surface area contributed by atoms with Gasteiger partial charge < -0.3 is 5.32 Å². The lowest BCUT2D eigenvalue weighted by atomic mass is 9.93. The van der Waals surface area contributed by atoms with Crippen LogP contribution in [0.3, 0.4) is 0 Å². The number of nitrogens with one attached hydrogen (secondary N) is 1. The summed E-state index contributed by atoms with van der Waals surface area (Å²) in [6.45, 7) is 1.19. The lowest BCUT2D eigenvalue weighted by Crippen LogP contribution is -2.34. The molecule has 0 aromatic heterocycles. The van der Waals surface area contributed by atoms with Crippen LogP contribution in [0.1, 0.15) is 55.7 Å². The van der Waals surface area contributed by atoms with Crippen molar-refractivity contribution in [1.82, 2.24) is 5.32 Å². The quantitative estimate of drug-likeness (QED) is 0.827. The minimum atomic E-state index is 0.640. The predicted molar refractivity (Wildman–Crippen MR) is 72.1 cm³/mol. The molecule has 0 spiro atoms. The SMILES string of the molecule is c1cc(CCC2CCCC2)cc(C2CCN2)c1. The molecule has 1 saturated carbocycles. The van der Waals surface area contributed by atoms with Crippen LogP contribution in [0.15, 0.2) is 24.3 Å². The van der Waals surface area contributed by atoms with Crippen LogP contribution in [0, 0.1) is 5.92 Å². The molecule has 0 amide bonds. The Morgan fingerprint density at radius 1 is 1.12 bits per heavy atom. The van der Waals surface area contributed by atoms with Crippen molar-refractivity contribution in [3.8, 4) is 0 Å². The standard InChI is InChI=1S/C16H23N/c1-2-5-13(4-1)8-9-14-6-3-7-15(12-14)16-10-11-17-16/h3,6-7,12-13,16-17H,1-2,4-5,8-11H2. The molecule has 1 N–H and O–H groups in total. The summed E-state index contributed by atoms with van der Waals surface area (Å²) in [7, 11) is 0. The molecule has 0 radical (unpaired) electrons. The summed E-state index contributed by atoms with van der Waals surface area (Å²) in [4.78, 5) is 0. The van der Waals surface area contributed by atoms with Gasteiger partial charge in [-0.15, -0.1) is 0 Å². The summed E-state index contributed by atoms with van der Waals surface area (Å²) in [5, 5.41) is 3.49. The van der Waals surface area contributed by atoms with E-state index in [1.165, 1.54) is 57.1 Å². The maximum absolute atomic E-state index is 3.49. The van der Waals surface area contributed by atoms with E-state index in [9.17, 15) is 0 Å². The van der Waals surface area contributed by atoms with Gasteiger partial charge in [-0.2, -0.15) is 0 Å². The molecule has 0 bridgehead atoms. The zero-order chi connectivity index (χ0) is 11.5. The van der Waals surface area contributed by atoms with Gasteiger partial charge in [-0.1, -0.05) is 49.9 Å². The van der Waals surface area contributed by atoms with Crippen LogP contribution in [0.25, 0.3) is 0 Å². The summed E-state index contributed by atoms with van der Waals surface area (Å²) in [6, 6.07) is 9.87. The topological polar surface area (TPSA) is 12.0 Å². The fourth-order valence-corrected chi connectivity index (χ4v) is 3.21. The molecule has 1 aromatic carbocycles. The van der Waals surface area contributed by atoms with E-state index in [1.54, 1.807) is 5.56 Å². The molecule has 1 heteroatoms. The normalized spacial score (nSPS) is 24.8. The molecule has 1 saturated heterocycles. The first kappa shape index (κ1) is 11.3. The zero-order valence-electron chi connectivity index (χ0n) is 10.6. The number of benzene rings is 1. The zero-order valence-corrected chi connectivity index (χ0v) is 10.6. The molecule has 2 fully saturated rings. The number of rotatable bonds is 4. The van der Waals surface area contributed by atoms with Gasteiger partial charge in [-0.25, -0.2) is 0 Å². The Labute approximate surface area is 105 Å². The van der Waals surface area contributed by atoms with E-state index in [-0.39, 0.29) is 0 Å². The largest absolute Gasteiger partial charge is 0.310 e. The molecule has 92 valence electrons. The van der Waals surface area contributed by atoms with Gasteiger partial charge in [-0.3, -0.25) is 0 Å². The average molecular weight is 229 g/mol. The second kappa shape index (κ2) is 5.22. The highest BCUT2D eigenvalue weighted by molar-refractivity contribution is 5.27. The summed E-state index contributed by atoms with van der Waals surface area (Å²) < 4.78 is 0. The molecule has 1 atom stereocenters. The Kier molecular flexibility index (Phi) is 3.46. The van der Waals surface area contributed by atoms with Crippen molar-refractivity contribution < 1.29 is 0 Å². The van der Waals surface area contributed by atoms with Crippen molar-refractivity contribution in [2.24, 2.45) is 5.92 Å². The van der Waals surface area contributed by atoms with Crippen LogP contribution in [-0.4, -0.2) is 6.54 Å². The molecule has 1 nitrogen and oxygen atoms in total. The Morgan fingerprint density at radius 3 is 2.65 bits per heavy atom. The highest BCUT2D eigenvalue weighted by Gasteiger charge is 2.19. The Hall–Kier alpha value is -0.820. The summed E-state index contributed by atoms with van der Waals surface area (Å²) in [5.74, 6) is 1.01. The summed E-state index contributed by atoms with van der Waals surface area (Å²) in [5.41, 5.74) is 3.04. The minimum Gasteiger partial charge on any atom is -0.310 e. The first-order chi connectivity index (χ1) is 8.42. The van der Waals surface area contributed by atoms with Crippen molar-refractivity contribution in [2.45, 2.75) is 51.0 Å². The maximum Gasteiger partial charge on any atom is 0.0332 e. The predicted octanol–water partition coefficient (Wildman–Crippen LogP) is 3.84. The smallest absolute Gasteiger partial charge is 0.0332 e. The summed E-state index contributed by atoms with van der Waals surface area (Å²) >= 11 is 0. The van der Waals surface area contributed by atoms with Crippen LogP contribution >= 0.6 is 0 Å². The van der Waals surface area contributed by atoms with Crippen molar-refractivity contribution in [2.75, 3.05) is 6.54 Å². The van der Waals surface area contributed by atoms with Crippen molar-refractivity contribution in [3.63, 3.8) is 0 Å². The van der Waals surface area contributed by atoms with E-state index in [1.807, 2.05) is 0 Å². The van der Waals surface area contributed by atoms with Gasteiger partial charge in [-0.05, 0) is 42.9 Å². The Bertz CT molecular complexity index is 362. The first-order valence-corrected chi connectivity index (χ1v) is 7.24. The van der Waals surface area contributed by atoms with Crippen molar-refractivity contribution in [1.29, 1.82) is 0 Å². The number of aryl methyl sites for hydroxylation is 1. The molecule has 1 aromatic rings. The molecule has 3 rings (SSSR count). The van der Waals surface area contributed by atoms with Crippen LogP contribution in [-0.2, 0) is 6.42 Å². The average Bonchev–Trinajstić information content (AvgIpc) is 2.77. The van der Waals surface area contributed by atoms with E-state index in [2.05, 4.69) is 29.6 Å². The fourth-order valence-electron chi connectivity index (χ4n) is 3.21. The monoisotopic (exact) mass is 229 g/mol. The number of hydrogen-bond donors (Lipinski definition) is 1. The Balaban J connectivity index is 1.58. The molecule has 17 heavy (non-hydrogen) atoms. The molecular weight excluding hydrogens is 206 g/mol. The van der Waals surface area contributed by atoms with Crippen molar-refractivity contribution >= 4 is 0 Å². The summed E-state index contributed by atoms with van der Waals surface area (Å²) in [6.07, 6.45) is 9.89. The van der Waals surface area contributed by atoms with Gasteiger partial charge >= 0.3 is 0 Å². The fraction of sp³-hybridized carbons (Fsp3) is 0.625. The molecule has 2 aliphatic rings. The van der Waals surface area contributed by atoms with Gasteiger partial charge in [0.25, 0.3) is 0 Å². The highest BCUT2D eigenvalue weighted by atomic mass is 15.0. The van der Waals surface area contributed by atoms with E-state index in [4.69, 9.17) is 0 Å². The molecular formula is C16H23N. The van der Waals surface area contributed by atoms with Crippen LogP contribution < -0.4 is 5.32 Å². The van der Waals surface area contributed by atoms with Gasteiger partial charge in [0.2, 0.25) is 0 Å². The van der Waals surface area contributed by atoms with Crippen LogP contribution in [0.2, 0.25) is 0 Å². The van der Waals surface area contributed by atoms with E-state index in [0.717, 1.165) is 5.92 Å². The molecule has 1 heterocycles. The van der Waals surface area contributed by atoms with Gasteiger partial charge in [0.05, 0.1) is 0 Å². The van der Waals surface area contributed by atoms with Gasteiger partial charge in [0.1, 0.15) is 0 Å². The molecule has 1 unspecified atom stereocenters. The molecule has 1 aliphatic carbocycles. The number of hydrogen-bond acceptors (Lipinski definition) is 1. The Morgan fingerprint density at radius 2 is 1.94 bits per heavy atom. The second-order valence-corrected chi connectivity index (χ2v) is 5.73.